The maximum Gasteiger partial charge on any atom is 0.0931 e. The van der Waals surface area contributed by atoms with Gasteiger partial charge in [0.25, 0.3) is 0 Å². The van der Waals surface area contributed by atoms with E-state index in [0.29, 0.717) is 11.5 Å². The van der Waals surface area contributed by atoms with Crippen molar-refractivity contribution in [2.45, 2.75) is 53.0 Å². The molecule has 98 valence electrons. The maximum atomic E-state index is 6.02. The first kappa shape index (κ1) is 15.0. The van der Waals surface area contributed by atoms with Gasteiger partial charge in [0.05, 0.1) is 4.34 Å². The average Bonchev–Trinajstić information content (AvgIpc) is 2.63. The highest BCUT2D eigenvalue weighted by Gasteiger charge is 2.17. The summed E-state index contributed by atoms with van der Waals surface area (Å²) in [6.07, 6.45) is 3.58. The van der Waals surface area contributed by atoms with Crippen molar-refractivity contribution in [1.29, 1.82) is 0 Å². The van der Waals surface area contributed by atoms with E-state index in [1.807, 2.05) is 6.07 Å². The van der Waals surface area contributed by atoms with Gasteiger partial charge in [0.2, 0.25) is 0 Å². The first-order valence-electron chi connectivity index (χ1n) is 6.41. The molecule has 0 saturated heterocycles. The van der Waals surface area contributed by atoms with E-state index < -0.39 is 0 Å². The molecule has 1 aromatic heterocycles. The van der Waals surface area contributed by atoms with E-state index in [-0.39, 0.29) is 0 Å². The summed E-state index contributed by atoms with van der Waals surface area (Å²) in [6.45, 7) is 10.2. The zero-order valence-corrected chi connectivity index (χ0v) is 12.9. The maximum absolute atomic E-state index is 6.02. The van der Waals surface area contributed by atoms with Crippen LogP contribution in [0.4, 0.5) is 0 Å². The van der Waals surface area contributed by atoms with E-state index in [4.69, 9.17) is 11.6 Å². The molecule has 0 saturated carbocycles. The van der Waals surface area contributed by atoms with Crippen LogP contribution in [0.2, 0.25) is 4.34 Å². The molecule has 17 heavy (non-hydrogen) atoms. The lowest BCUT2D eigenvalue weighted by Gasteiger charge is -2.23. The molecule has 0 aromatic carbocycles. The van der Waals surface area contributed by atoms with Crippen LogP contribution in [0, 0.1) is 5.41 Å². The molecular formula is C14H24ClNS. The van der Waals surface area contributed by atoms with Gasteiger partial charge in [-0.1, -0.05) is 39.3 Å². The first-order chi connectivity index (χ1) is 7.92. The highest BCUT2D eigenvalue weighted by molar-refractivity contribution is 7.16. The minimum atomic E-state index is 0.396. The Kier molecular flexibility index (Phi) is 5.98. The molecule has 0 radical (unpaired) electrons. The van der Waals surface area contributed by atoms with Crippen molar-refractivity contribution in [1.82, 2.24) is 5.32 Å². The van der Waals surface area contributed by atoms with E-state index in [1.165, 1.54) is 24.1 Å². The normalized spacial score (nSPS) is 13.9. The molecule has 0 fully saturated rings. The number of nitrogens with one attached hydrogen (secondary N) is 1. The van der Waals surface area contributed by atoms with E-state index in [2.05, 4.69) is 39.1 Å². The van der Waals surface area contributed by atoms with Crippen molar-refractivity contribution in [2.75, 3.05) is 6.54 Å². The Morgan fingerprint density at radius 3 is 2.53 bits per heavy atom. The Labute approximate surface area is 115 Å². The van der Waals surface area contributed by atoms with Crippen LogP contribution in [0.1, 0.15) is 57.9 Å². The third-order valence-electron chi connectivity index (χ3n) is 2.76. The summed E-state index contributed by atoms with van der Waals surface area (Å²) in [6, 6.07) is 4.62. The lowest BCUT2D eigenvalue weighted by Crippen LogP contribution is -2.22. The fourth-order valence-electron chi connectivity index (χ4n) is 1.76. The lowest BCUT2D eigenvalue weighted by atomic mass is 9.88. The lowest BCUT2D eigenvalue weighted by molar-refractivity contribution is 0.333. The van der Waals surface area contributed by atoms with Gasteiger partial charge in [0.15, 0.2) is 0 Å². The van der Waals surface area contributed by atoms with Crippen molar-refractivity contribution in [3.8, 4) is 0 Å². The molecule has 0 aliphatic carbocycles. The van der Waals surface area contributed by atoms with Gasteiger partial charge in [-0.05, 0) is 43.4 Å². The fraction of sp³-hybridized carbons (Fsp3) is 0.714. The van der Waals surface area contributed by atoms with Gasteiger partial charge in [-0.3, -0.25) is 0 Å². The predicted molar refractivity (Wildman–Crippen MR) is 79.1 cm³/mol. The highest BCUT2D eigenvalue weighted by atomic mass is 35.5. The standard InChI is InChI=1S/C14H24ClNS/c1-5-10-16-11(8-9-14(2,3)4)12-6-7-13(15)17-12/h6-7,11,16H,5,8-10H2,1-4H3. The first-order valence-corrected chi connectivity index (χ1v) is 7.60. The molecular weight excluding hydrogens is 250 g/mol. The summed E-state index contributed by atoms with van der Waals surface area (Å²) < 4.78 is 0.888. The zero-order valence-electron chi connectivity index (χ0n) is 11.3. The van der Waals surface area contributed by atoms with Crippen LogP contribution >= 0.6 is 22.9 Å². The Balaban J connectivity index is 2.60. The number of hydrogen-bond donors (Lipinski definition) is 1. The Hall–Kier alpha value is -0.0500. The Bertz CT molecular complexity index is 327. The summed E-state index contributed by atoms with van der Waals surface area (Å²) in [5.41, 5.74) is 0.396. The molecule has 1 atom stereocenters. The molecule has 0 amide bonds. The van der Waals surface area contributed by atoms with Crippen LogP contribution in [0.15, 0.2) is 12.1 Å². The van der Waals surface area contributed by atoms with E-state index in [0.717, 1.165) is 10.9 Å². The molecule has 0 aliphatic rings. The molecule has 0 bridgehead atoms. The van der Waals surface area contributed by atoms with Crippen LogP contribution in [0.25, 0.3) is 0 Å². The molecule has 1 nitrogen and oxygen atoms in total. The van der Waals surface area contributed by atoms with Gasteiger partial charge in [0.1, 0.15) is 0 Å². The number of halogens is 1. The molecule has 1 heterocycles. The van der Waals surface area contributed by atoms with Gasteiger partial charge in [0, 0.05) is 10.9 Å². The Morgan fingerprint density at radius 2 is 2.06 bits per heavy atom. The second-order valence-electron chi connectivity index (χ2n) is 5.75. The summed E-state index contributed by atoms with van der Waals surface area (Å²) in [5.74, 6) is 0. The van der Waals surface area contributed by atoms with Crippen LogP contribution in [-0.2, 0) is 0 Å². The minimum absolute atomic E-state index is 0.396. The van der Waals surface area contributed by atoms with Crippen LogP contribution in [0.5, 0.6) is 0 Å². The van der Waals surface area contributed by atoms with E-state index in [1.54, 1.807) is 11.3 Å². The van der Waals surface area contributed by atoms with Crippen LogP contribution < -0.4 is 5.32 Å². The minimum Gasteiger partial charge on any atom is -0.309 e. The summed E-state index contributed by atoms with van der Waals surface area (Å²) in [4.78, 5) is 1.37. The van der Waals surface area contributed by atoms with Gasteiger partial charge in [-0.15, -0.1) is 11.3 Å². The molecule has 1 aromatic rings. The molecule has 1 N–H and O–H groups in total. The monoisotopic (exact) mass is 273 g/mol. The van der Waals surface area contributed by atoms with Crippen molar-refractivity contribution in [2.24, 2.45) is 5.41 Å². The van der Waals surface area contributed by atoms with Crippen molar-refractivity contribution < 1.29 is 0 Å². The zero-order chi connectivity index (χ0) is 12.9. The van der Waals surface area contributed by atoms with Crippen molar-refractivity contribution in [3.05, 3.63) is 21.3 Å². The number of rotatable bonds is 6. The second-order valence-corrected chi connectivity index (χ2v) is 7.49. The van der Waals surface area contributed by atoms with Crippen molar-refractivity contribution >= 4 is 22.9 Å². The molecule has 0 aliphatic heterocycles. The van der Waals surface area contributed by atoms with Gasteiger partial charge < -0.3 is 5.32 Å². The summed E-state index contributed by atoms with van der Waals surface area (Å²) >= 11 is 7.72. The van der Waals surface area contributed by atoms with Gasteiger partial charge >= 0.3 is 0 Å². The molecule has 0 spiro atoms. The van der Waals surface area contributed by atoms with Crippen LogP contribution in [0.3, 0.4) is 0 Å². The Morgan fingerprint density at radius 1 is 1.35 bits per heavy atom. The number of thiophene rings is 1. The fourth-order valence-corrected chi connectivity index (χ4v) is 2.93. The largest absolute Gasteiger partial charge is 0.309 e. The quantitative estimate of drug-likeness (QED) is 0.745. The van der Waals surface area contributed by atoms with E-state index >= 15 is 0 Å². The molecule has 3 heteroatoms. The second kappa shape index (κ2) is 6.77. The average molecular weight is 274 g/mol. The number of hydrogen-bond acceptors (Lipinski definition) is 2. The topological polar surface area (TPSA) is 12.0 Å². The van der Waals surface area contributed by atoms with Crippen molar-refractivity contribution in [3.63, 3.8) is 0 Å². The van der Waals surface area contributed by atoms with Crippen LogP contribution in [-0.4, -0.2) is 6.54 Å². The SMILES string of the molecule is CCCNC(CCC(C)(C)C)c1ccc(Cl)s1. The third kappa shape index (κ3) is 5.89. The van der Waals surface area contributed by atoms with Gasteiger partial charge in [-0.2, -0.15) is 0 Å². The van der Waals surface area contributed by atoms with Gasteiger partial charge in [-0.25, -0.2) is 0 Å². The summed E-state index contributed by atoms with van der Waals surface area (Å²) in [5, 5.41) is 3.62. The highest BCUT2D eigenvalue weighted by Crippen LogP contribution is 2.32. The predicted octanol–water partition coefficient (Wildman–Crippen LogP) is 5.27. The molecule has 1 rings (SSSR count). The smallest absolute Gasteiger partial charge is 0.0931 e. The van der Waals surface area contributed by atoms with E-state index in [9.17, 15) is 0 Å². The summed E-state index contributed by atoms with van der Waals surface area (Å²) in [7, 11) is 0. The third-order valence-corrected chi connectivity index (χ3v) is 4.11. The molecule has 1 unspecified atom stereocenters.